The largest absolute Gasteiger partial charge is 0.416 e. The number of Topliss-reactive ketones (excluding diaryl/α,β-unsaturated/α-hetero) is 1. The van der Waals surface area contributed by atoms with Gasteiger partial charge >= 0.3 is 6.18 Å². The molecule has 6 heteroatoms. The molecule has 0 atom stereocenters. The minimum Gasteiger partial charge on any atom is -0.294 e. The molecule has 0 radical (unpaired) electrons. The molecule has 0 aliphatic carbocycles. The summed E-state index contributed by atoms with van der Waals surface area (Å²) in [6, 6.07) is 7.57. The van der Waals surface area contributed by atoms with E-state index < -0.39 is 11.7 Å². The zero-order chi connectivity index (χ0) is 14.8. The Morgan fingerprint density at radius 2 is 1.95 bits per heavy atom. The van der Waals surface area contributed by atoms with E-state index in [1.807, 2.05) is 0 Å². The zero-order valence-corrected chi connectivity index (χ0v) is 10.9. The maximum atomic E-state index is 12.6. The molecule has 1 aromatic heterocycles. The van der Waals surface area contributed by atoms with Gasteiger partial charge in [0.2, 0.25) is 0 Å². The Morgan fingerprint density at radius 1 is 1.20 bits per heavy atom. The van der Waals surface area contributed by atoms with Crippen molar-refractivity contribution >= 4 is 17.4 Å². The standard InChI is InChI=1S/C14H9ClF3NO/c15-13-8-10(4-5-19-13)12(20)7-9-2-1-3-11(6-9)14(16,17)18/h1-6,8H,7H2. The lowest BCUT2D eigenvalue weighted by molar-refractivity contribution is -0.137. The number of carbonyl (C=O) groups is 1. The Labute approximate surface area is 118 Å². The number of aromatic nitrogens is 1. The molecule has 0 bridgehead atoms. The lowest BCUT2D eigenvalue weighted by Crippen LogP contribution is -2.08. The maximum Gasteiger partial charge on any atom is 0.416 e. The van der Waals surface area contributed by atoms with Gasteiger partial charge in [-0.15, -0.1) is 0 Å². The summed E-state index contributed by atoms with van der Waals surface area (Å²) in [6.45, 7) is 0. The van der Waals surface area contributed by atoms with Gasteiger partial charge in [-0.25, -0.2) is 4.98 Å². The van der Waals surface area contributed by atoms with Crippen LogP contribution in [0.1, 0.15) is 21.5 Å². The van der Waals surface area contributed by atoms with Crippen molar-refractivity contribution in [2.24, 2.45) is 0 Å². The lowest BCUT2D eigenvalue weighted by atomic mass is 10.0. The fraction of sp³-hybridized carbons (Fsp3) is 0.143. The van der Waals surface area contributed by atoms with Gasteiger partial charge in [-0.1, -0.05) is 29.8 Å². The van der Waals surface area contributed by atoms with Gasteiger partial charge in [0.05, 0.1) is 5.56 Å². The Kier molecular flexibility index (Phi) is 4.09. The summed E-state index contributed by atoms with van der Waals surface area (Å²) in [5.41, 5.74) is -0.143. The third-order valence-electron chi connectivity index (χ3n) is 2.67. The average Bonchev–Trinajstić information content (AvgIpc) is 2.38. The predicted octanol–water partition coefficient (Wildman–Crippen LogP) is 4.18. The van der Waals surface area contributed by atoms with Crippen LogP contribution in [0, 0.1) is 0 Å². The van der Waals surface area contributed by atoms with Crippen molar-refractivity contribution < 1.29 is 18.0 Å². The van der Waals surface area contributed by atoms with Gasteiger partial charge in [-0.2, -0.15) is 13.2 Å². The number of alkyl halides is 3. The highest BCUT2D eigenvalue weighted by atomic mass is 35.5. The summed E-state index contributed by atoms with van der Waals surface area (Å²) in [6.07, 6.45) is -3.16. The molecular weight excluding hydrogens is 291 g/mol. The van der Waals surface area contributed by atoms with Gasteiger partial charge in [-0.3, -0.25) is 4.79 Å². The number of hydrogen-bond donors (Lipinski definition) is 0. The number of rotatable bonds is 3. The first-order valence-electron chi connectivity index (χ1n) is 5.67. The first-order chi connectivity index (χ1) is 9.36. The van der Waals surface area contributed by atoms with Crippen LogP contribution in [0.2, 0.25) is 5.15 Å². The molecule has 104 valence electrons. The number of carbonyl (C=O) groups excluding carboxylic acids is 1. The highest BCUT2D eigenvalue weighted by Gasteiger charge is 2.30. The summed E-state index contributed by atoms with van der Waals surface area (Å²) in [7, 11) is 0. The van der Waals surface area contributed by atoms with Gasteiger partial charge in [0, 0.05) is 18.2 Å². The molecular formula is C14H9ClF3NO. The van der Waals surface area contributed by atoms with Crippen molar-refractivity contribution in [3.8, 4) is 0 Å². The topological polar surface area (TPSA) is 30.0 Å². The number of hydrogen-bond acceptors (Lipinski definition) is 2. The Balaban J connectivity index is 2.20. The fourth-order valence-electron chi connectivity index (χ4n) is 1.72. The third-order valence-corrected chi connectivity index (χ3v) is 2.87. The SMILES string of the molecule is O=C(Cc1cccc(C(F)(F)F)c1)c1ccnc(Cl)c1. The Hall–Kier alpha value is -1.88. The summed E-state index contributed by atoms with van der Waals surface area (Å²) in [4.78, 5) is 15.7. The molecule has 0 saturated heterocycles. The first kappa shape index (κ1) is 14.5. The normalized spacial score (nSPS) is 11.4. The molecule has 0 N–H and O–H groups in total. The molecule has 0 saturated carbocycles. The fourth-order valence-corrected chi connectivity index (χ4v) is 1.89. The quantitative estimate of drug-likeness (QED) is 0.628. The zero-order valence-electron chi connectivity index (χ0n) is 10.1. The highest BCUT2D eigenvalue weighted by Crippen LogP contribution is 2.29. The van der Waals surface area contributed by atoms with E-state index in [-0.39, 0.29) is 17.4 Å². The van der Waals surface area contributed by atoms with E-state index in [4.69, 9.17) is 11.6 Å². The van der Waals surface area contributed by atoms with Crippen LogP contribution in [-0.2, 0) is 12.6 Å². The van der Waals surface area contributed by atoms with Crippen LogP contribution in [0.25, 0.3) is 0 Å². The van der Waals surface area contributed by atoms with E-state index in [0.717, 1.165) is 12.1 Å². The van der Waals surface area contributed by atoms with Crippen molar-refractivity contribution in [2.75, 3.05) is 0 Å². The van der Waals surface area contributed by atoms with E-state index in [1.165, 1.54) is 30.5 Å². The molecule has 0 unspecified atom stereocenters. The van der Waals surface area contributed by atoms with Crippen LogP contribution in [0.5, 0.6) is 0 Å². The van der Waals surface area contributed by atoms with Crippen LogP contribution < -0.4 is 0 Å². The van der Waals surface area contributed by atoms with E-state index in [2.05, 4.69) is 4.98 Å². The van der Waals surface area contributed by atoms with E-state index in [0.29, 0.717) is 11.1 Å². The molecule has 1 aromatic carbocycles. The third kappa shape index (κ3) is 3.57. The molecule has 0 aliphatic heterocycles. The lowest BCUT2D eigenvalue weighted by Gasteiger charge is -2.08. The Morgan fingerprint density at radius 3 is 2.60 bits per heavy atom. The van der Waals surface area contributed by atoms with Gasteiger partial charge in [0.15, 0.2) is 5.78 Å². The van der Waals surface area contributed by atoms with E-state index >= 15 is 0 Å². The van der Waals surface area contributed by atoms with Crippen LogP contribution in [0.4, 0.5) is 13.2 Å². The van der Waals surface area contributed by atoms with Crippen molar-refractivity contribution in [3.63, 3.8) is 0 Å². The molecule has 1 heterocycles. The molecule has 2 aromatic rings. The summed E-state index contributed by atoms with van der Waals surface area (Å²) in [5, 5.41) is 0.167. The molecule has 2 nitrogen and oxygen atoms in total. The molecule has 0 spiro atoms. The second-order valence-corrected chi connectivity index (χ2v) is 4.55. The number of pyridine rings is 1. The minimum atomic E-state index is -4.42. The molecule has 0 amide bonds. The summed E-state index contributed by atoms with van der Waals surface area (Å²) < 4.78 is 37.7. The predicted molar refractivity (Wildman–Crippen MR) is 68.7 cm³/mol. The van der Waals surface area contributed by atoms with Crippen LogP contribution in [0.15, 0.2) is 42.6 Å². The minimum absolute atomic E-state index is 0.121. The second-order valence-electron chi connectivity index (χ2n) is 4.17. The highest BCUT2D eigenvalue weighted by molar-refractivity contribution is 6.29. The van der Waals surface area contributed by atoms with Gasteiger partial charge < -0.3 is 0 Å². The van der Waals surface area contributed by atoms with Gasteiger partial charge in [-0.05, 0) is 23.8 Å². The maximum absolute atomic E-state index is 12.6. The smallest absolute Gasteiger partial charge is 0.294 e. The molecule has 0 aliphatic rings. The van der Waals surface area contributed by atoms with E-state index in [1.54, 1.807) is 0 Å². The van der Waals surface area contributed by atoms with Gasteiger partial charge in [0.25, 0.3) is 0 Å². The van der Waals surface area contributed by atoms with E-state index in [9.17, 15) is 18.0 Å². The van der Waals surface area contributed by atoms with Crippen LogP contribution in [-0.4, -0.2) is 10.8 Å². The molecule has 20 heavy (non-hydrogen) atoms. The monoisotopic (exact) mass is 299 g/mol. The van der Waals surface area contributed by atoms with Gasteiger partial charge in [0.1, 0.15) is 5.15 Å². The van der Waals surface area contributed by atoms with Crippen LogP contribution >= 0.6 is 11.6 Å². The number of nitrogens with zero attached hydrogens (tertiary/aromatic N) is 1. The number of ketones is 1. The average molecular weight is 300 g/mol. The van der Waals surface area contributed by atoms with Crippen LogP contribution in [0.3, 0.4) is 0 Å². The second kappa shape index (κ2) is 5.63. The van der Waals surface area contributed by atoms with Crippen molar-refractivity contribution in [1.82, 2.24) is 4.98 Å². The number of halogens is 4. The summed E-state index contributed by atoms with van der Waals surface area (Å²) >= 11 is 5.66. The molecule has 2 rings (SSSR count). The molecule has 0 fully saturated rings. The van der Waals surface area contributed by atoms with Crippen molar-refractivity contribution in [1.29, 1.82) is 0 Å². The van der Waals surface area contributed by atoms with Crippen molar-refractivity contribution in [2.45, 2.75) is 12.6 Å². The first-order valence-corrected chi connectivity index (χ1v) is 6.05. The number of benzene rings is 1. The van der Waals surface area contributed by atoms with Crippen molar-refractivity contribution in [3.05, 3.63) is 64.4 Å². The summed E-state index contributed by atoms with van der Waals surface area (Å²) in [5.74, 6) is -0.311. The Bertz CT molecular complexity index is 640.